The lowest BCUT2D eigenvalue weighted by atomic mass is 10.0. The van der Waals surface area contributed by atoms with E-state index in [4.69, 9.17) is 11.5 Å². The van der Waals surface area contributed by atoms with Gasteiger partial charge in [0.25, 0.3) is 0 Å². The summed E-state index contributed by atoms with van der Waals surface area (Å²) in [4.78, 5) is 38.8. The largest absolute Gasteiger partial charge is 0.368 e. The highest BCUT2D eigenvalue weighted by molar-refractivity contribution is 5.91. The van der Waals surface area contributed by atoms with Crippen LogP contribution in [0.25, 0.3) is 0 Å². The summed E-state index contributed by atoms with van der Waals surface area (Å²) >= 11 is 0. The molecule has 0 spiro atoms. The lowest BCUT2D eigenvalue weighted by Gasteiger charge is -2.33. The molecule has 0 rings (SSSR count). The summed E-state index contributed by atoms with van der Waals surface area (Å²) in [6, 6.07) is -1.48. The monoisotopic (exact) mass is 314 g/mol. The van der Waals surface area contributed by atoms with Crippen LogP contribution in [0, 0.1) is 5.92 Å². The Morgan fingerprint density at radius 1 is 1.05 bits per heavy atom. The van der Waals surface area contributed by atoms with Crippen molar-refractivity contribution in [3.8, 4) is 0 Å². The molecule has 0 aliphatic rings. The first-order valence-corrected chi connectivity index (χ1v) is 7.68. The van der Waals surface area contributed by atoms with E-state index >= 15 is 0 Å². The SMILES string of the molecule is CCCC(=O)N(C)[C@H](CN)C(=O)N(C)[C@@H](CC(C)C)C(N)=O. The standard InChI is InChI=1S/C15H30N4O3/c1-6-7-13(20)18(4)12(9-16)15(22)19(5)11(14(17)21)8-10(2)3/h10-12H,6-9,16H2,1-5H3,(H2,17,21)/t11-,12+/m0/s1. The molecule has 0 heterocycles. The van der Waals surface area contributed by atoms with Crippen LogP contribution in [0.5, 0.6) is 0 Å². The maximum atomic E-state index is 12.6. The van der Waals surface area contributed by atoms with Crippen LogP contribution >= 0.6 is 0 Å². The summed E-state index contributed by atoms with van der Waals surface area (Å²) in [6.45, 7) is 5.79. The van der Waals surface area contributed by atoms with Crippen LogP contribution in [0.2, 0.25) is 0 Å². The Morgan fingerprint density at radius 2 is 1.59 bits per heavy atom. The number of carbonyl (C=O) groups excluding carboxylic acids is 3. The van der Waals surface area contributed by atoms with E-state index in [2.05, 4.69) is 0 Å². The fourth-order valence-corrected chi connectivity index (χ4v) is 2.29. The van der Waals surface area contributed by atoms with Crippen molar-refractivity contribution in [3.63, 3.8) is 0 Å². The molecule has 128 valence electrons. The van der Waals surface area contributed by atoms with E-state index in [-0.39, 0.29) is 24.3 Å². The van der Waals surface area contributed by atoms with Gasteiger partial charge in [-0.2, -0.15) is 0 Å². The molecule has 0 aliphatic carbocycles. The summed E-state index contributed by atoms with van der Waals surface area (Å²) in [7, 11) is 3.09. The minimum absolute atomic E-state index is 0.00227. The van der Waals surface area contributed by atoms with E-state index in [1.807, 2.05) is 20.8 Å². The van der Waals surface area contributed by atoms with Gasteiger partial charge in [0.2, 0.25) is 17.7 Å². The third-order valence-corrected chi connectivity index (χ3v) is 3.67. The third kappa shape index (κ3) is 5.63. The number of amides is 3. The molecule has 7 heteroatoms. The van der Waals surface area contributed by atoms with Crippen LogP contribution in [-0.4, -0.2) is 60.2 Å². The molecule has 0 saturated carbocycles. The van der Waals surface area contributed by atoms with Gasteiger partial charge < -0.3 is 21.3 Å². The number of primary amides is 1. The number of hydrogen-bond donors (Lipinski definition) is 2. The fraction of sp³-hybridized carbons (Fsp3) is 0.800. The van der Waals surface area contributed by atoms with Crippen LogP contribution in [0.3, 0.4) is 0 Å². The Hall–Kier alpha value is -1.63. The molecule has 0 saturated heterocycles. The number of rotatable bonds is 9. The van der Waals surface area contributed by atoms with Gasteiger partial charge in [-0.1, -0.05) is 20.8 Å². The van der Waals surface area contributed by atoms with Crippen LogP contribution in [0.1, 0.15) is 40.0 Å². The van der Waals surface area contributed by atoms with E-state index < -0.39 is 18.0 Å². The number of hydrogen-bond acceptors (Lipinski definition) is 4. The van der Waals surface area contributed by atoms with Gasteiger partial charge in [0.1, 0.15) is 12.1 Å². The quantitative estimate of drug-likeness (QED) is 0.620. The first-order chi connectivity index (χ1) is 10.2. The topological polar surface area (TPSA) is 110 Å². The Balaban J connectivity index is 5.14. The van der Waals surface area contributed by atoms with Gasteiger partial charge in [0.05, 0.1) is 0 Å². The first-order valence-electron chi connectivity index (χ1n) is 7.68. The van der Waals surface area contributed by atoms with E-state index in [9.17, 15) is 14.4 Å². The molecule has 22 heavy (non-hydrogen) atoms. The Morgan fingerprint density at radius 3 is 1.95 bits per heavy atom. The predicted octanol–water partition coefficient (Wildman–Crippen LogP) is -0.0694. The van der Waals surface area contributed by atoms with Gasteiger partial charge in [0.15, 0.2) is 0 Å². The third-order valence-electron chi connectivity index (χ3n) is 3.67. The van der Waals surface area contributed by atoms with Crippen LogP contribution < -0.4 is 11.5 Å². The second kappa shape index (κ2) is 9.40. The van der Waals surface area contributed by atoms with Crippen molar-refractivity contribution in [3.05, 3.63) is 0 Å². The lowest BCUT2D eigenvalue weighted by Crippen LogP contribution is -2.56. The highest BCUT2D eigenvalue weighted by atomic mass is 16.2. The summed E-state index contributed by atoms with van der Waals surface area (Å²) in [6.07, 6.45) is 1.53. The molecule has 0 unspecified atom stereocenters. The number of nitrogens with two attached hydrogens (primary N) is 2. The highest BCUT2D eigenvalue weighted by Gasteiger charge is 2.33. The molecular formula is C15H30N4O3. The highest BCUT2D eigenvalue weighted by Crippen LogP contribution is 2.13. The Kier molecular flexibility index (Phi) is 8.70. The lowest BCUT2D eigenvalue weighted by molar-refractivity contribution is -0.147. The number of carbonyl (C=O) groups is 3. The van der Waals surface area contributed by atoms with E-state index in [1.165, 1.54) is 16.8 Å². The van der Waals surface area contributed by atoms with Gasteiger partial charge in [-0.25, -0.2) is 0 Å². The average Bonchev–Trinajstić information content (AvgIpc) is 2.44. The van der Waals surface area contributed by atoms with E-state index in [1.54, 1.807) is 7.05 Å². The van der Waals surface area contributed by atoms with Gasteiger partial charge in [-0.05, 0) is 18.8 Å². The molecular weight excluding hydrogens is 284 g/mol. The molecule has 7 nitrogen and oxygen atoms in total. The van der Waals surface area contributed by atoms with Crippen molar-refractivity contribution in [1.82, 2.24) is 9.80 Å². The maximum Gasteiger partial charge on any atom is 0.247 e. The molecule has 0 aromatic carbocycles. The molecule has 0 fully saturated rings. The van der Waals surface area contributed by atoms with Crippen molar-refractivity contribution in [2.75, 3.05) is 20.6 Å². The van der Waals surface area contributed by atoms with Crippen molar-refractivity contribution in [2.45, 2.75) is 52.1 Å². The second-order valence-electron chi connectivity index (χ2n) is 6.00. The normalized spacial score (nSPS) is 13.6. The minimum Gasteiger partial charge on any atom is -0.368 e. The molecule has 0 bridgehead atoms. The summed E-state index contributed by atoms with van der Waals surface area (Å²) < 4.78 is 0. The molecule has 0 aromatic heterocycles. The molecule has 3 amide bonds. The van der Waals surface area contributed by atoms with E-state index in [0.29, 0.717) is 19.3 Å². The predicted molar refractivity (Wildman–Crippen MR) is 85.7 cm³/mol. The summed E-state index contributed by atoms with van der Waals surface area (Å²) in [5, 5.41) is 0. The summed E-state index contributed by atoms with van der Waals surface area (Å²) in [5.41, 5.74) is 11.1. The molecule has 4 N–H and O–H groups in total. The smallest absolute Gasteiger partial charge is 0.247 e. The molecule has 0 aliphatic heterocycles. The van der Waals surface area contributed by atoms with Crippen molar-refractivity contribution in [1.29, 1.82) is 0 Å². The maximum absolute atomic E-state index is 12.6. The zero-order valence-electron chi connectivity index (χ0n) is 14.3. The average molecular weight is 314 g/mol. The van der Waals surface area contributed by atoms with Gasteiger partial charge in [0, 0.05) is 27.1 Å². The first kappa shape index (κ1) is 20.4. The fourth-order valence-electron chi connectivity index (χ4n) is 2.29. The van der Waals surface area contributed by atoms with Crippen LogP contribution in [0.4, 0.5) is 0 Å². The van der Waals surface area contributed by atoms with Crippen LogP contribution in [0.15, 0.2) is 0 Å². The zero-order valence-corrected chi connectivity index (χ0v) is 14.3. The second-order valence-corrected chi connectivity index (χ2v) is 6.00. The molecule has 0 aromatic rings. The minimum atomic E-state index is -0.780. The van der Waals surface area contributed by atoms with E-state index in [0.717, 1.165) is 0 Å². The van der Waals surface area contributed by atoms with Gasteiger partial charge in [-0.3, -0.25) is 14.4 Å². The number of nitrogens with zero attached hydrogens (tertiary/aromatic N) is 2. The van der Waals surface area contributed by atoms with Crippen molar-refractivity contribution < 1.29 is 14.4 Å². The van der Waals surface area contributed by atoms with Crippen molar-refractivity contribution >= 4 is 17.7 Å². The molecule has 2 atom stereocenters. The molecule has 0 radical (unpaired) electrons. The van der Waals surface area contributed by atoms with Crippen molar-refractivity contribution in [2.24, 2.45) is 17.4 Å². The Bertz CT molecular complexity index is 398. The van der Waals surface area contributed by atoms with Gasteiger partial charge >= 0.3 is 0 Å². The van der Waals surface area contributed by atoms with Gasteiger partial charge in [-0.15, -0.1) is 0 Å². The Labute approximate surface area is 133 Å². The zero-order chi connectivity index (χ0) is 17.4. The number of likely N-dealkylation sites (N-methyl/N-ethyl adjacent to an activating group) is 2. The summed E-state index contributed by atoms with van der Waals surface area (Å²) in [5.74, 6) is -0.843. The van der Waals surface area contributed by atoms with Crippen LogP contribution in [-0.2, 0) is 14.4 Å².